The molecular formula is C17H23FN6O2. The number of aromatic nitrogens is 3. The molecule has 8 nitrogen and oxygen atoms in total. The highest BCUT2D eigenvalue weighted by molar-refractivity contribution is 5.82. The highest BCUT2D eigenvalue weighted by Gasteiger charge is 2.31. The lowest BCUT2D eigenvalue weighted by Crippen LogP contribution is -2.44. The van der Waals surface area contributed by atoms with Crippen molar-refractivity contribution in [2.45, 2.75) is 38.0 Å². The average molecular weight is 362 g/mol. The van der Waals surface area contributed by atoms with Crippen LogP contribution in [-0.2, 0) is 16.1 Å². The number of halogens is 1. The summed E-state index contributed by atoms with van der Waals surface area (Å²) < 4.78 is 20.0. The van der Waals surface area contributed by atoms with Gasteiger partial charge >= 0.3 is 0 Å². The van der Waals surface area contributed by atoms with E-state index in [9.17, 15) is 9.18 Å². The van der Waals surface area contributed by atoms with Crippen molar-refractivity contribution in [1.29, 1.82) is 0 Å². The van der Waals surface area contributed by atoms with Gasteiger partial charge in [0.25, 0.3) is 0 Å². The standard InChI is InChI=1S/C17H23FN6O2/c1-11(16-23-19-10-24(16)7-8-26-2)20-17(25)15-9-14(21-22-15)12-3-5-13(18)6-4-12/h3-6,10-11,14-15,21-22H,7-9H2,1-2H3,(H,20,25). The van der Waals surface area contributed by atoms with Gasteiger partial charge in [0.2, 0.25) is 5.91 Å². The molecule has 1 aromatic carbocycles. The highest BCUT2D eigenvalue weighted by atomic mass is 19.1. The average Bonchev–Trinajstić information content (AvgIpc) is 3.30. The monoisotopic (exact) mass is 362 g/mol. The van der Waals surface area contributed by atoms with E-state index >= 15 is 0 Å². The second-order valence-electron chi connectivity index (χ2n) is 6.29. The van der Waals surface area contributed by atoms with Crippen LogP contribution in [0.5, 0.6) is 0 Å². The van der Waals surface area contributed by atoms with E-state index in [4.69, 9.17) is 4.74 Å². The van der Waals surface area contributed by atoms with Crippen LogP contribution in [0.2, 0.25) is 0 Å². The van der Waals surface area contributed by atoms with Crippen molar-refractivity contribution in [2.24, 2.45) is 0 Å². The van der Waals surface area contributed by atoms with E-state index in [2.05, 4.69) is 26.4 Å². The Bertz CT molecular complexity index is 735. The van der Waals surface area contributed by atoms with Crippen molar-refractivity contribution in [2.75, 3.05) is 13.7 Å². The van der Waals surface area contributed by atoms with Gasteiger partial charge in [0.15, 0.2) is 5.82 Å². The molecule has 1 amide bonds. The summed E-state index contributed by atoms with van der Waals surface area (Å²) >= 11 is 0. The molecule has 0 saturated carbocycles. The number of ether oxygens (including phenoxy) is 1. The minimum atomic E-state index is -0.386. The minimum Gasteiger partial charge on any atom is -0.383 e. The van der Waals surface area contributed by atoms with E-state index in [1.54, 1.807) is 25.6 Å². The molecule has 0 spiro atoms. The number of rotatable bonds is 7. The second kappa shape index (κ2) is 8.35. The largest absolute Gasteiger partial charge is 0.383 e. The molecule has 0 aliphatic carbocycles. The first-order valence-corrected chi connectivity index (χ1v) is 8.52. The van der Waals surface area contributed by atoms with Crippen LogP contribution in [0, 0.1) is 5.82 Å². The number of hydrogen-bond donors (Lipinski definition) is 3. The third-order valence-electron chi connectivity index (χ3n) is 4.42. The fourth-order valence-electron chi connectivity index (χ4n) is 2.98. The number of carbonyl (C=O) groups excluding carboxylic acids is 1. The molecule has 3 unspecified atom stereocenters. The van der Waals surface area contributed by atoms with Crippen molar-refractivity contribution in [3.63, 3.8) is 0 Å². The normalized spacial score (nSPS) is 20.9. The molecule has 1 saturated heterocycles. The van der Waals surface area contributed by atoms with Crippen molar-refractivity contribution in [3.8, 4) is 0 Å². The number of carbonyl (C=O) groups is 1. The topological polar surface area (TPSA) is 93.1 Å². The lowest BCUT2D eigenvalue weighted by atomic mass is 10.0. The number of methoxy groups -OCH3 is 1. The molecule has 9 heteroatoms. The Morgan fingerprint density at radius 3 is 2.92 bits per heavy atom. The highest BCUT2D eigenvalue weighted by Crippen LogP contribution is 2.23. The number of hydrogen-bond acceptors (Lipinski definition) is 6. The summed E-state index contributed by atoms with van der Waals surface area (Å²) in [7, 11) is 1.63. The maximum atomic E-state index is 13.0. The van der Waals surface area contributed by atoms with E-state index in [1.807, 2.05) is 11.5 Å². The molecule has 3 atom stereocenters. The van der Waals surface area contributed by atoms with Crippen LogP contribution in [-0.4, -0.2) is 40.4 Å². The zero-order chi connectivity index (χ0) is 18.5. The van der Waals surface area contributed by atoms with Crippen molar-refractivity contribution >= 4 is 5.91 Å². The summed E-state index contributed by atoms with van der Waals surface area (Å²) in [4.78, 5) is 12.6. The maximum Gasteiger partial charge on any atom is 0.239 e. The lowest BCUT2D eigenvalue weighted by molar-refractivity contribution is -0.123. The minimum absolute atomic E-state index is 0.0491. The maximum absolute atomic E-state index is 13.0. The van der Waals surface area contributed by atoms with Crippen LogP contribution in [0.1, 0.15) is 36.8 Å². The molecule has 1 aromatic heterocycles. The quantitative estimate of drug-likeness (QED) is 0.676. The van der Waals surface area contributed by atoms with Gasteiger partial charge in [0.1, 0.15) is 18.2 Å². The summed E-state index contributed by atoms with van der Waals surface area (Å²) in [6, 6.07) is 5.55. The molecule has 3 N–H and O–H groups in total. The Kier molecular flexibility index (Phi) is 5.92. The van der Waals surface area contributed by atoms with Crippen LogP contribution in [0.15, 0.2) is 30.6 Å². The number of nitrogens with zero attached hydrogens (tertiary/aromatic N) is 3. The van der Waals surface area contributed by atoms with E-state index < -0.39 is 0 Å². The predicted molar refractivity (Wildman–Crippen MR) is 92.3 cm³/mol. The molecule has 0 bridgehead atoms. The third-order valence-corrected chi connectivity index (χ3v) is 4.42. The second-order valence-corrected chi connectivity index (χ2v) is 6.29. The first kappa shape index (κ1) is 18.4. The molecule has 1 fully saturated rings. The molecule has 2 heterocycles. The van der Waals surface area contributed by atoms with Gasteiger partial charge in [-0.2, -0.15) is 0 Å². The Balaban J connectivity index is 1.57. The predicted octanol–water partition coefficient (Wildman–Crippen LogP) is 0.849. The van der Waals surface area contributed by atoms with Crippen molar-refractivity contribution in [1.82, 2.24) is 30.9 Å². The van der Waals surface area contributed by atoms with Crippen LogP contribution < -0.4 is 16.2 Å². The number of benzene rings is 1. The molecular weight excluding hydrogens is 339 g/mol. The van der Waals surface area contributed by atoms with Crippen LogP contribution in [0.4, 0.5) is 4.39 Å². The van der Waals surface area contributed by atoms with Gasteiger partial charge in [-0.1, -0.05) is 12.1 Å². The first-order valence-electron chi connectivity index (χ1n) is 8.52. The summed E-state index contributed by atoms with van der Waals surface area (Å²) in [5, 5.41) is 11.0. The summed E-state index contributed by atoms with van der Waals surface area (Å²) in [6.07, 6.45) is 2.19. The van der Waals surface area contributed by atoms with Crippen LogP contribution >= 0.6 is 0 Å². The van der Waals surface area contributed by atoms with Crippen molar-refractivity contribution in [3.05, 3.63) is 47.8 Å². The van der Waals surface area contributed by atoms with Gasteiger partial charge in [0.05, 0.1) is 12.6 Å². The molecule has 1 aliphatic rings. The van der Waals surface area contributed by atoms with Gasteiger partial charge in [0, 0.05) is 19.7 Å². The molecule has 3 rings (SSSR count). The zero-order valence-corrected chi connectivity index (χ0v) is 14.8. The van der Waals surface area contributed by atoms with E-state index in [1.165, 1.54) is 12.1 Å². The van der Waals surface area contributed by atoms with E-state index in [-0.39, 0.29) is 29.8 Å². The third kappa shape index (κ3) is 4.24. The van der Waals surface area contributed by atoms with Crippen molar-refractivity contribution < 1.29 is 13.9 Å². The zero-order valence-electron chi connectivity index (χ0n) is 14.8. The van der Waals surface area contributed by atoms with Crippen LogP contribution in [0.3, 0.4) is 0 Å². The Labute approximate surface area is 151 Å². The molecule has 26 heavy (non-hydrogen) atoms. The first-order chi connectivity index (χ1) is 12.6. The smallest absolute Gasteiger partial charge is 0.239 e. The van der Waals surface area contributed by atoms with Gasteiger partial charge < -0.3 is 14.6 Å². The molecule has 1 aliphatic heterocycles. The Hall–Kier alpha value is -2.36. The van der Waals surface area contributed by atoms with E-state index in [0.717, 1.165) is 5.56 Å². The molecule has 2 aromatic rings. The van der Waals surface area contributed by atoms with Crippen LogP contribution in [0.25, 0.3) is 0 Å². The number of nitrogens with one attached hydrogen (secondary N) is 3. The number of amides is 1. The fourth-order valence-corrected chi connectivity index (χ4v) is 2.98. The summed E-state index contributed by atoms with van der Waals surface area (Å²) in [5.41, 5.74) is 7.02. The lowest BCUT2D eigenvalue weighted by Gasteiger charge is -2.17. The number of hydrazine groups is 1. The SMILES string of the molecule is COCCn1cnnc1C(C)NC(=O)C1CC(c2ccc(F)cc2)NN1. The Morgan fingerprint density at radius 1 is 1.42 bits per heavy atom. The fraction of sp³-hybridized carbons (Fsp3) is 0.471. The van der Waals surface area contributed by atoms with Gasteiger partial charge in [-0.05, 0) is 31.0 Å². The summed E-state index contributed by atoms with van der Waals surface area (Å²) in [5.74, 6) is 0.271. The van der Waals surface area contributed by atoms with Gasteiger partial charge in [-0.25, -0.2) is 15.2 Å². The molecule has 0 radical (unpaired) electrons. The Morgan fingerprint density at radius 2 is 2.19 bits per heavy atom. The summed E-state index contributed by atoms with van der Waals surface area (Å²) in [6.45, 7) is 3.03. The van der Waals surface area contributed by atoms with Gasteiger partial charge in [-0.3, -0.25) is 4.79 Å². The van der Waals surface area contributed by atoms with Gasteiger partial charge in [-0.15, -0.1) is 10.2 Å². The molecule has 140 valence electrons. The van der Waals surface area contributed by atoms with E-state index in [0.29, 0.717) is 25.4 Å².